The Morgan fingerprint density at radius 1 is 0.388 bits per heavy atom. The SMILES string of the molecule is C#CO[Si](OCC)(OCC)OCC.CCCC.CCO.CCO.C[Si](C)(C)O[Si](C)(C)O[Si](C)(C)C.O.O.O.O.O.O.O.O[Si](O)(O)O.O[Si](O)(O)O.O[Si](O)(O)O.O[Si](O)(O)O[Si](O)(O)O.[HH].[HH]. The molecule has 434 valence electrons. The van der Waals surface area contributed by atoms with E-state index in [2.05, 4.69) is 70.3 Å². The second-order valence-corrected chi connectivity index (χ2v) is 34.2. The van der Waals surface area contributed by atoms with Gasteiger partial charge in [-0.25, -0.2) is 0 Å². The van der Waals surface area contributed by atoms with Crippen LogP contribution in [-0.2, 0) is 30.0 Å². The molecule has 0 saturated heterocycles. The molecule has 0 aliphatic rings. The minimum Gasteiger partial charge on any atom is -0.437 e. The van der Waals surface area contributed by atoms with E-state index in [-0.39, 0.29) is 54.4 Å². The highest BCUT2D eigenvalue weighted by Crippen LogP contribution is 2.19. The predicted octanol–water partition coefficient (Wildman–Crippen LogP) is -10.9. The predicted molar refractivity (Wildman–Crippen MR) is 262 cm³/mol. The van der Waals surface area contributed by atoms with Crippen molar-refractivity contribution in [3.63, 3.8) is 0 Å². The molecule has 0 aliphatic heterocycles. The monoisotopic (exact) mass is 1180 g/mol. The van der Waals surface area contributed by atoms with Gasteiger partial charge < -0.3 is 165 Å². The van der Waals surface area contributed by atoms with Crippen LogP contribution in [0.5, 0.6) is 0 Å². The molecule has 34 N–H and O–H groups in total. The maximum absolute atomic E-state index is 7.94. The van der Waals surface area contributed by atoms with Gasteiger partial charge in [0.05, 0.1) is 6.11 Å². The number of aliphatic hydroxyl groups is 2. The molecule has 0 aromatic heterocycles. The van der Waals surface area contributed by atoms with Crippen LogP contribution in [0, 0.1) is 12.5 Å². The summed E-state index contributed by atoms with van der Waals surface area (Å²) >= 11 is 0. The van der Waals surface area contributed by atoms with Gasteiger partial charge >= 0.3 is 62.8 Å². The fourth-order valence-corrected chi connectivity index (χ4v) is 17.9. The summed E-state index contributed by atoms with van der Waals surface area (Å²) < 4.78 is 36.2. The average Bonchev–Trinajstić information content (AvgIpc) is 2.88. The Labute approximate surface area is 405 Å². The lowest BCUT2D eigenvalue weighted by Gasteiger charge is -2.35. The number of hydrogen-bond acceptors (Lipinski definition) is 27. The lowest BCUT2D eigenvalue weighted by molar-refractivity contribution is 0.000938. The molecule has 0 bridgehead atoms. The molecule has 0 aromatic rings. The summed E-state index contributed by atoms with van der Waals surface area (Å²) in [5.41, 5.74) is 0. The normalized spacial score (nSPS) is 10.5. The fourth-order valence-electron chi connectivity index (χ4n) is 2.50. The van der Waals surface area contributed by atoms with Gasteiger partial charge in [-0.3, -0.25) is 0 Å². The van der Waals surface area contributed by atoms with Crippen LogP contribution in [0.15, 0.2) is 0 Å². The molecule has 0 spiro atoms. The van der Waals surface area contributed by atoms with Crippen LogP contribution in [-0.4, -0.2) is 247 Å². The van der Waals surface area contributed by atoms with Gasteiger partial charge in [0.1, 0.15) is 0 Å². The lowest BCUT2D eigenvalue weighted by atomic mass is 10.4. The first-order valence-corrected chi connectivity index (χ1v) is 37.6. The summed E-state index contributed by atoms with van der Waals surface area (Å²) in [6.07, 6.45) is 9.72. The van der Waals surface area contributed by atoms with Crippen molar-refractivity contribution in [1.82, 2.24) is 0 Å². The third-order valence-corrected chi connectivity index (χ3v) is 16.3. The summed E-state index contributed by atoms with van der Waals surface area (Å²) in [7, 11) is -31.5. The third kappa shape index (κ3) is 221. The van der Waals surface area contributed by atoms with Crippen LogP contribution in [0.3, 0.4) is 0 Å². The number of rotatable bonds is 14. The molecular formula is C24H98O34Si9. The molecular weight excluding hydrogens is 1090 g/mol. The van der Waals surface area contributed by atoms with Gasteiger partial charge in [0.15, 0.2) is 16.6 Å². The fraction of sp³-hybridized carbons (Fsp3) is 0.917. The van der Waals surface area contributed by atoms with Gasteiger partial charge in [0.2, 0.25) is 0 Å². The summed E-state index contributed by atoms with van der Waals surface area (Å²) in [6, 6.07) is 0. The first kappa shape index (κ1) is 112. The van der Waals surface area contributed by atoms with E-state index >= 15 is 0 Å². The molecule has 0 radical (unpaired) electrons. The molecule has 0 amide bonds. The molecule has 34 nitrogen and oxygen atoms in total. The Hall–Kier alpha value is -0.00805. The molecule has 0 aromatic carbocycles. The van der Waals surface area contributed by atoms with E-state index in [1.54, 1.807) is 13.8 Å². The van der Waals surface area contributed by atoms with Crippen molar-refractivity contribution in [2.75, 3.05) is 33.0 Å². The molecule has 0 aliphatic carbocycles. The second kappa shape index (κ2) is 58.6. The van der Waals surface area contributed by atoms with Crippen molar-refractivity contribution in [2.45, 2.75) is 114 Å². The Morgan fingerprint density at radius 3 is 0.627 bits per heavy atom. The van der Waals surface area contributed by atoms with E-state index in [9.17, 15) is 0 Å². The first-order chi connectivity index (χ1) is 26.1. The Kier molecular flexibility index (Phi) is 98.1. The van der Waals surface area contributed by atoms with Crippen LogP contribution in [0.2, 0.25) is 52.4 Å². The third-order valence-electron chi connectivity index (χ3n) is 3.03. The topological polar surface area (TPSA) is 690 Å². The molecule has 0 atom stereocenters. The standard InChI is InChI=1S/C8H16O4Si.C8H24O2Si3.C4H10.2C2H6O.H6O7Si2.3H4O4Si.7H2O.2H2/c1-5-9-13(10-6-2,11-7-3)12-8-4;1-11(2,3)9-13(7,8)10-12(4,5)6;1-3-4-2;2*1-2-3;1-8(2,3)7-9(4,5)6;3*1-5(2,3)4;;;;;;;;;/h1H,6-8H2,2-4H3;1-8H3;3-4H2,1-2H3;2*3H,2H2,1H3;1-6H;3*1-4H;7*1H2;2*1H. The molecule has 67 heavy (non-hydrogen) atoms. The highest BCUT2D eigenvalue weighted by atomic mass is 28.5. The Balaban J connectivity index is -0.0000000273. The number of hydrogen-bond donors (Lipinski definition) is 20. The van der Waals surface area contributed by atoms with Gasteiger partial charge in [0.25, 0.3) is 0 Å². The average molecular weight is 1180 g/mol. The quantitative estimate of drug-likeness (QED) is 0.0567. The number of unbranched alkanes of at least 4 members (excludes halogenated alkanes) is 1. The lowest BCUT2D eigenvalue weighted by Crippen LogP contribution is -2.53. The minimum atomic E-state index is -4.98. The maximum Gasteiger partial charge on any atom is 0.758 e. The molecule has 0 fully saturated rings. The smallest absolute Gasteiger partial charge is 0.437 e. The highest BCUT2D eigenvalue weighted by Gasteiger charge is 2.47. The minimum absolute atomic E-state index is 0. The molecule has 0 saturated carbocycles. The van der Waals surface area contributed by atoms with Crippen molar-refractivity contribution in [2.24, 2.45) is 0 Å². The van der Waals surface area contributed by atoms with Crippen molar-refractivity contribution < 1.29 is 168 Å². The van der Waals surface area contributed by atoms with Crippen LogP contribution in [0.25, 0.3) is 0 Å². The Morgan fingerprint density at radius 2 is 0.552 bits per heavy atom. The van der Waals surface area contributed by atoms with Gasteiger partial charge in [-0.1, -0.05) is 33.1 Å². The highest BCUT2D eigenvalue weighted by molar-refractivity contribution is 6.87. The summed E-state index contributed by atoms with van der Waals surface area (Å²) in [5.74, 6) is 0. The van der Waals surface area contributed by atoms with Gasteiger partial charge in [-0.15, -0.1) is 0 Å². The second-order valence-electron chi connectivity index (χ2n) is 12.5. The van der Waals surface area contributed by atoms with E-state index in [4.69, 9.17) is 129 Å². The first-order valence-electron chi connectivity index (χ1n) is 17.5. The van der Waals surface area contributed by atoms with Crippen molar-refractivity contribution in [1.29, 1.82) is 0 Å². The summed E-state index contributed by atoms with van der Waals surface area (Å²) in [4.78, 5) is 136. The summed E-state index contributed by atoms with van der Waals surface area (Å²) in [6.45, 7) is 32.7. The van der Waals surface area contributed by atoms with E-state index < -0.39 is 79.5 Å². The van der Waals surface area contributed by atoms with Crippen molar-refractivity contribution in [3.8, 4) is 12.5 Å². The van der Waals surface area contributed by atoms with Crippen LogP contribution < -0.4 is 0 Å². The van der Waals surface area contributed by atoms with Gasteiger partial charge in [0, 0.05) is 35.9 Å². The van der Waals surface area contributed by atoms with E-state index in [1.165, 1.54) is 12.8 Å². The molecule has 0 unspecified atom stereocenters. The van der Waals surface area contributed by atoms with Crippen LogP contribution >= 0.6 is 0 Å². The van der Waals surface area contributed by atoms with Crippen LogP contribution in [0.1, 0.15) is 64.2 Å². The van der Waals surface area contributed by atoms with E-state index in [0.29, 0.717) is 19.8 Å². The van der Waals surface area contributed by atoms with Gasteiger partial charge in [-0.2, -0.15) is 0 Å². The number of terminal acetylenes is 1. The molecule has 0 rings (SSSR count). The van der Waals surface area contributed by atoms with Crippen molar-refractivity contribution in [3.05, 3.63) is 0 Å². The van der Waals surface area contributed by atoms with E-state index in [1.807, 2.05) is 26.9 Å². The van der Waals surface area contributed by atoms with Crippen molar-refractivity contribution >= 4 is 79.5 Å². The number of aliphatic hydroxyl groups excluding tert-OH is 2. The summed E-state index contributed by atoms with van der Waals surface area (Å²) in [5, 5.41) is 15.1. The zero-order chi connectivity index (χ0) is 51.1. The maximum atomic E-state index is 7.94. The largest absolute Gasteiger partial charge is 0.758 e. The van der Waals surface area contributed by atoms with E-state index in [0.717, 1.165) is 0 Å². The molecule has 43 heteroatoms. The Bertz CT molecular complexity index is 847. The molecule has 0 heterocycles. The zero-order valence-corrected chi connectivity index (χ0v) is 49.8. The van der Waals surface area contributed by atoms with Gasteiger partial charge in [-0.05, 0) is 87.0 Å². The van der Waals surface area contributed by atoms with Crippen LogP contribution in [0.4, 0.5) is 0 Å². The zero-order valence-electron chi connectivity index (χ0n) is 40.8.